The van der Waals surface area contributed by atoms with E-state index in [1.165, 1.54) is 125 Å². The van der Waals surface area contributed by atoms with Crippen LogP contribution in [0.15, 0.2) is 291 Å². The zero-order chi connectivity index (χ0) is 52.0. The second-order valence-electron chi connectivity index (χ2n) is 21.0. The highest BCUT2D eigenvalue weighted by Gasteiger charge is 2.22. The molecule has 1 aromatic heterocycles. The van der Waals surface area contributed by atoms with Gasteiger partial charge in [0.2, 0.25) is 0 Å². The zero-order valence-electron chi connectivity index (χ0n) is 43.1. The lowest BCUT2D eigenvalue weighted by Crippen LogP contribution is -1.97. The summed E-state index contributed by atoms with van der Waals surface area (Å²) in [5.74, 6) is 0.921. The van der Waals surface area contributed by atoms with Crippen LogP contribution in [-0.4, -0.2) is 9.55 Å². The van der Waals surface area contributed by atoms with Crippen molar-refractivity contribution in [2.24, 2.45) is 0 Å². The van der Waals surface area contributed by atoms with Gasteiger partial charge >= 0.3 is 0 Å². The van der Waals surface area contributed by atoms with Gasteiger partial charge in [-0.2, -0.15) is 0 Å². The van der Waals surface area contributed by atoms with Gasteiger partial charge in [0.15, 0.2) is 0 Å². The molecule has 366 valence electrons. The predicted molar refractivity (Wildman–Crippen MR) is 336 cm³/mol. The van der Waals surface area contributed by atoms with E-state index < -0.39 is 0 Å². The first kappa shape index (κ1) is 44.8. The van der Waals surface area contributed by atoms with Crippen LogP contribution in [0.3, 0.4) is 0 Å². The van der Waals surface area contributed by atoms with Crippen LogP contribution in [0.2, 0.25) is 0 Å². The van der Waals surface area contributed by atoms with E-state index in [2.05, 4.69) is 296 Å². The minimum absolute atomic E-state index is 0.921. The smallest absolute Gasteiger partial charge is 0.145 e. The Morgan fingerprint density at radius 2 is 0.582 bits per heavy atom. The third kappa shape index (κ3) is 7.37. The van der Waals surface area contributed by atoms with Gasteiger partial charge in [0, 0.05) is 11.3 Å². The predicted octanol–water partition coefficient (Wildman–Crippen LogP) is 21.1. The third-order valence-corrected chi connectivity index (χ3v) is 16.5. The summed E-state index contributed by atoms with van der Waals surface area (Å²) < 4.78 is 2.28. The normalized spacial score (nSPS) is 11.8. The average Bonchev–Trinajstić information content (AvgIpc) is 3.95. The molecule has 0 fully saturated rings. The Morgan fingerprint density at radius 3 is 1.14 bits per heavy atom. The fourth-order valence-electron chi connectivity index (χ4n) is 12.9. The van der Waals surface area contributed by atoms with Crippen LogP contribution < -0.4 is 0 Å². The minimum atomic E-state index is 0.921. The summed E-state index contributed by atoms with van der Waals surface area (Å²) in [4.78, 5) is 5.25. The highest BCUT2D eigenvalue weighted by Crippen LogP contribution is 2.48. The summed E-state index contributed by atoms with van der Waals surface area (Å²) in [6.45, 7) is 0. The molecule has 0 spiro atoms. The molecule has 0 aliphatic carbocycles. The lowest BCUT2D eigenvalue weighted by molar-refractivity contribution is 1.10. The fraction of sp³-hybridized carbons (Fsp3) is 0. The Morgan fingerprint density at radius 1 is 0.215 bits per heavy atom. The van der Waals surface area contributed by atoms with E-state index in [0.717, 1.165) is 33.7 Å². The molecule has 16 rings (SSSR count). The second-order valence-corrected chi connectivity index (χ2v) is 21.0. The van der Waals surface area contributed by atoms with Gasteiger partial charge in [-0.25, -0.2) is 4.98 Å². The second kappa shape index (κ2) is 18.1. The van der Waals surface area contributed by atoms with E-state index in [9.17, 15) is 0 Å². The first-order valence-corrected chi connectivity index (χ1v) is 27.3. The van der Waals surface area contributed by atoms with Crippen LogP contribution in [0.5, 0.6) is 0 Å². The molecule has 0 N–H and O–H groups in total. The number of nitrogens with zero attached hydrogens (tertiary/aromatic N) is 2. The van der Waals surface area contributed by atoms with E-state index in [-0.39, 0.29) is 0 Å². The molecule has 15 aromatic carbocycles. The molecular weight excluding hydrogens is 953 g/mol. The van der Waals surface area contributed by atoms with Crippen molar-refractivity contribution < 1.29 is 0 Å². The molecular formula is C77H48N2. The molecule has 0 atom stereocenters. The number of imidazole rings is 1. The molecule has 0 amide bonds. The molecule has 0 aliphatic rings. The van der Waals surface area contributed by atoms with Gasteiger partial charge in [-0.3, -0.25) is 4.57 Å². The number of benzene rings is 15. The Labute approximate surface area is 457 Å². The van der Waals surface area contributed by atoms with Gasteiger partial charge in [0.1, 0.15) is 5.82 Å². The third-order valence-electron chi connectivity index (χ3n) is 16.5. The van der Waals surface area contributed by atoms with E-state index in [4.69, 9.17) is 4.98 Å². The number of para-hydroxylation sites is 3. The van der Waals surface area contributed by atoms with Crippen LogP contribution in [0, 0.1) is 0 Å². The number of rotatable bonds is 7. The summed E-state index contributed by atoms with van der Waals surface area (Å²) >= 11 is 0. The SMILES string of the molecule is c1ccc(-n2c(-c3cccc(-c4c5ccccc5c(-c5ccc6cc(-c7ccc8c(-c9ccc%10ccccc%10c9)c9ccccc9c(-c9ccc%10ccccc%10c9)c8c7)ccc6c5)c5ccccc45)c3)nc3ccccc32)cc1. The van der Waals surface area contributed by atoms with E-state index in [1.54, 1.807) is 0 Å². The number of hydrogen-bond donors (Lipinski definition) is 0. The maximum absolute atomic E-state index is 5.25. The Kier molecular flexibility index (Phi) is 10.3. The van der Waals surface area contributed by atoms with Crippen molar-refractivity contribution in [1.29, 1.82) is 0 Å². The first-order valence-electron chi connectivity index (χ1n) is 27.3. The van der Waals surface area contributed by atoms with Crippen LogP contribution in [0.25, 0.3) is 159 Å². The maximum Gasteiger partial charge on any atom is 0.145 e. The standard InChI is InChI=1S/C77H48N2/c1-2-23-62(24-3-1)79-72-32-15-14-31-71(72)78-77(79)61-22-16-21-57(47-61)73-63-25-8-10-27-65(63)74(66-28-11-9-26-64(66)73)59-40-37-53-43-54(35-36-55(53)46-59)56-41-42-69-70(48-56)76(60-39-34-50-18-5-7-20-52(50)45-60)68-30-13-12-29-67(68)75(69)58-38-33-49-17-4-6-19-51(49)44-58/h1-48H. The molecule has 0 radical (unpaired) electrons. The highest BCUT2D eigenvalue weighted by atomic mass is 15.1. The van der Waals surface area contributed by atoms with Crippen molar-refractivity contribution in [1.82, 2.24) is 9.55 Å². The molecule has 0 saturated carbocycles. The summed E-state index contributed by atoms with van der Waals surface area (Å²) in [7, 11) is 0. The summed E-state index contributed by atoms with van der Waals surface area (Å²) in [6, 6.07) is 107. The Bertz CT molecular complexity index is 5080. The summed E-state index contributed by atoms with van der Waals surface area (Å²) in [5, 5.41) is 17.2. The van der Waals surface area contributed by atoms with Crippen LogP contribution in [-0.2, 0) is 0 Å². The zero-order valence-corrected chi connectivity index (χ0v) is 43.1. The Hall–Kier alpha value is -10.4. The average molecular weight is 1000 g/mol. The van der Waals surface area contributed by atoms with Gasteiger partial charge < -0.3 is 0 Å². The topological polar surface area (TPSA) is 17.8 Å². The van der Waals surface area contributed by atoms with Crippen molar-refractivity contribution in [3.05, 3.63) is 291 Å². The molecule has 79 heavy (non-hydrogen) atoms. The van der Waals surface area contributed by atoms with Crippen molar-refractivity contribution in [2.75, 3.05) is 0 Å². The summed E-state index contributed by atoms with van der Waals surface area (Å²) in [5.41, 5.74) is 16.4. The largest absolute Gasteiger partial charge is 0.292 e. The quantitative estimate of drug-likeness (QED) is 0.146. The van der Waals surface area contributed by atoms with E-state index >= 15 is 0 Å². The van der Waals surface area contributed by atoms with Gasteiger partial charge in [-0.05, 0) is 192 Å². The van der Waals surface area contributed by atoms with Gasteiger partial charge in [-0.1, -0.05) is 231 Å². The molecule has 2 nitrogen and oxygen atoms in total. The number of hydrogen-bond acceptors (Lipinski definition) is 1. The monoisotopic (exact) mass is 1000 g/mol. The molecule has 16 aromatic rings. The Balaban J connectivity index is 0.833. The number of aromatic nitrogens is 2. The van der Waals surface area contributed by atoms with Crippen molar-refractivity contribution in [2.45, 2.75) is 0 Å². The summed E-state index contributed by atoms with van der Waals surface area (Å²) in [6.07, 6.45) is 0. The minimum Gasteiger partial charge on any atom is -0.292 e. The molecule has 0 bridgehead atoms. The van der Waals surface area contributed by atoms with Gasteiger partial charge in [0.25, 0.3) is 0 Å². The van der Waals surface area contributed by atoms with Crippen LogP contribution >= 0.6 is 0 Å². The molecule has 0 saturated heterocycles. The number of fused-ring (bicyclic) bond motifs is 8. The molecule has 1 heterocycles. The van der Waals surface area contributed by atoms with Gasteiger partial charge in [-0.15, -0.1) is 0 Å². The van der Waals surface area contributed by atoms with Crippen LogP contribution in [0.1, 0.15) is 0 Å². The van der Waals surface area contributed by atoms with Crippen molar-refractivity contribution >= 4 is 86.4 Å². The fourth-order valence-corrected chi connectivity index (χ4v) is 12.9. The van der Waals surface area contributed by atoms with E-state index in [0.29, 0.717) is 0 Å². The van der Waals surface area contributed by atoms with Crippen molar-refractivity contribution in [3.63, 3.8) is 0 Å². The molecule has 0 unspecified atom stereocenters. The van der Waals surface area contributed by atoms with Crippen molar-refractivity contribution in [3.8, 4) is 72.7 Å². The lowest BCUT2D eigenvalue weighted by atomic mass is 9.84. The highest BCUT2D eigenvalue weighted by molar-refractivity contribution is 6.24. The molecule has 0 aliphatic heterocycles. The lowest BCUT2D eigenvalue weighted by Gasteiger charge is -2.19. The van der Waals surface area contributed by atoms with E-state index in [1.807, 2.05) is 0 Å². The van der Waals surface area contributed by atoms with Crippen LogP contribution in [0.4, 0.5) is 0 Å². The van der Waals surface area contributed by atoms with Gasteiger partial charge in [0.05, 0.1) is 11.0 Å². The maximum atomic E-state index is 5.25. The first-order chi connectivity index (χ1) is 39.2. The molecule has 2 heteroatoms.